The smallest absolute Gasteiger partial charge is 0.402 e. The third kappa shape index (κ3) is 4.42. The first kappa shape index (κ1) is 15.2. The summed E-state index contributed by atoms with van der Waals surface area (Å²) >= 11 is 0. The highest BCUT2D eigenvalue weighted by atomic mass is 32.2. The Balaban J connectivity index is 2.64. The number of carboxylic acids is 1. The maximum absolute atomic E-state index is 11.9. The second-order valence-electron chi connectivity index (χ2n) is 3.98. The second kappa shape index (κ2) is 5.41. The van der Waals surface area contributed by atoms with E-state index in [1.165, 1.54) is 4.72 Å². The molecule has 0 unspecified atom stereocenters. The summed E-state index contributed by atoms with van der Waals surface area (Å²) in [6.45, 7) is -1.94. The summed E-state index contributed by atoms with van der Waals surface area (Å²) < 4.78 is 60.9. The fourth-order valence-corrected chi connectivity index (χ4v) is 2.90. The molecule has 0 spiro atoms. The van der Waals surface area contributed by atoms with Crippen LogP contribution in [-0.2, 0) is 15.0 Å². The van der Waals surface area contributed by atoms with E-state index in [-0.39, 0.29) is 13.1 Å². The normalized spacial score (nSPS) is 22.9. The first-order valence-electron chi connectivity index (χ1n) is 5.16. The van der Waals surface area contributed by atoms with E-state index in [1.54, 1.807) is 0 Å². The van der Waals surface area contributed by atoms with E-state index in [1.807, 2.05) is 0 Å². The van der Waals surface area contributed by atoms with Gasteiger partial charge in [0.1, 0.15) is 6.54 Å². The molecule has 0 amide bonds. The van der Waals surface area contributed by atoms with Crippen LogP contribution in [0.3, 0.4) is 0 Å². The molecule has 1 fully saturated rings. The maximum atomic E-state index is 11.9. The Kier molecular flexibility index (Phi) is 4.56. The Hall–Kier alpha value is -0.870. The molecule has 0 aliphatic carbocycles. The van der Waals surface area contributed by atoms with Gasteiger partial charge in [-0.1, -0.05) is 0 Å². The van der Waals surface area contributed by atoms with Crippen molar-refractivity contribution in [2.75, 3.05) is 19.6 Å². The molecule has 2 N–H and O–H groups in total. The summed E-state index contributed by atoms with van der Waals surface area (Å²) in [5, 5.41) is 8.76. The van der Waals surface area contributed by atoms with Gasteiger partial charge in [0.25, 0.3) is 10.2 Å². The Morgan fingerprint density at radius 2 is 2.06 bits per heavy atom. The second-order valence-corrected chi connectivity index (χ2v) is 5.73. The summed E-state index contributed by atoms with van der Waals surface area (Å²) in [4.78, 5) is 10.7. The number of carboxylic acid groups (broad SMARTS) is 1. The number of nitrogens with zero attached hydrogens (tertiary/aromatic N) is 1. The molecule has 106 valence electrons. The van der Waals surface area contributed by atoms with Gasteiger partial charge in [0.05, 0.1) is 5.92 Å². The molecule has 1 aliphatic heterocycles. The molecule has 1 heterocycles. The summed E-state index contributed by atoms with van der Waals surface area (Å²) in [6.07, 6.45) is -4.01. The number of hydrogen-bond acceptors (Lipinski definition) is 3. The van der Waals surface area contributed by atoms with Gasteiger partial charge < -0.3 is 5.11 Å². The van der Waals surface area contributed by atoms with Crippen LogP contribution in [0.4, 0.5) is 13.2 Å². The number of aliphatic carboxylic acids is 1. The fraction of sp³-hybridized carbons (Fsp3) is 0.875. The summed E-state index contributed by atoms with van der Waals surface area (Å²) in [5.41, 5.74) is 0. The van der Waals surface area contributed by atoms with Crippen molar-refractivity contribution in [1.29, 1.82) is 0 Å². The topological polar surface area (TPSA) is 86.7 Å². The zero-order valence-electron chi connectivity index (χ0n) is 9.27. The minimum Gasteiger partial charge on any atom is -0.481 e. The molecule has 1 aliphatic rings. The van der Waals surface area contributed by atoms with Crippen molar-refractivity contribution < 1.29 is 31.5 Å². The quantitative estimate of drug-likeness (QED) is 0.773. The fourth-order valence-electron chi connectivity index (χ4n) is 1.63. The third-order valence-electron chi connectivity index (χ3n) is 2.53. The van der Waals surface area contributed by atoms with Gasteiger partial charge in [-0.25, -0.2) is 0 Å². The Morgan fingerprint density at radius 3 is 2.56 bits per heavy atom. The van der Waals surface area contributed by atoms with Crippen molar-refractivity contribution in [2.24, 2.45) is 5.92 Å². The van der Waals surface area contributed by atoms with Gasteiger partial charge in [-0.3, -0.25) is 4.79 Å². The summed E-state index contributed by atoms with van der Waals surface area (Å²) in [7, 11) is -4.28. The Labute approximate surface area is 102 Å². The molecule has 0 aromatic rings. The van der Waals surface area contributed by atoms with Crippen molar-refractivity contribution in [3.63, 3.8) is 0 Å². The van der Waals surface area contributed by atoms with Gasteiger partial charge in [-0.15, -0.1) is 0 Å². The number of halogens is 3. The highest BCUT2D eigenvalue weighted by Gasteiger charge is 2.35. The zero-order chi connectivity index (χ0) is 14.0. The summed E-state index contributed by atoms with van der Waals surface area (Å²) in [5.74, 6) is -2.02. The van der Waals surface area contributed by atoms with E-state index >= 15 is 0 Å². The Bertz CT molecular complexity index is 409. The maximum Gasteiger partial charge on any atom is 0.402 e. The molecular weight excluding hydrogens is 277 g/mol. The molecule has 0 saturated carbocycles. The van der Waals surface area contributed by atoms with Crippen LogP contribution in [0.25, 0.3) is 0 Å². The molecule has 1 atom stereocenters. The standard InChI is InChI=1S/C8H13F3N2O4S/c9-8(10,11)5-12-18(16,17)13-3-1-2-6(4-13)7(14)15/h6,12H,1-5H2,(H,14,15)/t6-/m1/s1. The number of alkyl halides is 3. The molecule has 0 radical (unpaired) electrons. The average molecular weight is 290 g/mol. The number of rotatable bonds is 4. The van der Waals surface area contributed by atoms with E-state index in [4.69, 9.17) is 5.11 Å². The van der Waals surface area contributed by atoms with Crippen LogP contribution in [0.1, 0.15) is 12.8 Å². The number of piperidine rings is 1. The van der Waals surface area contributed by atoms with E-state index in [0.717, 1.165) is 4.31 Å². The van der Waals surface area contributed by atoms with E-state index in [9.17, 15) is 26.4 Å². The van der Waals surface area contributed by atoms with Gasteiger partial charge >= 0.3 is 12.1 Å². The monoisotopic (exact) mass is 290 g/mol. The summed E-state index contributed by atoms with van der Waals surface area (Å²) in [6, 6.07) is 0. The predicted molar refractivity (Wildman–Crippen MR) is 54.9 cm³/mol. The molecule has 1 rings (SSSR count). The van der Waals surface area contributed by atoms with Crippen molar-refractivity contribution >= 4 is 16.2 Å². The van der Waals surface area contributed by atoms with Crippen LogP contribution in [0.5, 0.6) is 0 Å². The van der Waals surface area contributed by atoms with Crippen LogP contribution < -0.4 is 4.72 Å². The van der Waals surface area contributed by atoms with Crippen molar-refractivity contribution in [3.8, 4) is 0 Å². The largest absolute Gasteiger partial charge is 0.481 e. The zero-order valence-corrected chi connectivity index (χ0v) is 10.1. The predicted octanol–water partition coefficient (Wildman–Crippen LogP) is 0.180. The SMILES string of the molecule is O=C(O)[C@@H]1CCCN(S(=O)(=O)NCC(F)(F)F)C1. The van der Waals surface area contributed by atoms with Gasteiger partial charge in [0.15, 0.2) is 0 Å². The molecule has 1 saturated heterocycles. The highest BCUT2D eigenvalue weighted by molar-refractivity contribution is 7.87. The molecule has 0 aromatic heterocycles. The molecule has 18 heavy (non-hydrogen) atoms. The lowest BCUT2D eigenvalue weighted by molar-refractivity contribution is -0.143. The lowest BCUT2D eigenvalue weighted by Gasteiger charge is -2.29. The third-order valence-corrected chi connectivity index (χ3v) is 4.05. The molecule has 0 bridgehead atoms. The van der Waals surface area contributed by atoms with Crippen molar-refractivity contribution in [3.05, 3.63) is 0 Å². The lowest BCUT2D eigenvalue weighted by atomic mass is 10.0. The molecular formula is C8H13F3N2O4S. The number of carbonyl (C=O) groups is 1. The van der Waals surface area contributed by atoms with E-state index in [0.29, 0.717) is 12.8 Å². The van der Waals surface area contributed by atoms with Crippen molar-refractivity contribution in [2.45, 2.75) is 19.0 Å². The lowest BCUT2D eigenvalue weighted by Crippen LogP contribution is -2.49. The van der Waals surface area contributed by atoms with Gasteiger partial charge in [-0.2, -0.15) is 30.6 Å². The van der Waals surface area contributed by atoms with E-state index < -0.39 is 34.8 Å². The highest BCUT2D eigenvalue weighted by Crippen LogP contribution is 2.19. The number of nitrogens with one attached hydrogen (secondary N) is 1. The minimum atomic E-state index is -4.64. The van der Waals surface area contributed by atoms with Crippen LogP contribution in [0.2, 0.25) is 0 Å². The first-order chi connectivity index (χ1) is 8.12. The van der Waals surface area contributed by atoms with Crippen LogP contribution in [-0.4, -0.2) is 49.6 Å². The molecule has 6 nitrogen and oxygen atoms in total. The first-order valence-corrected chi connectivity index (χ1v) is 6.60. The van der Waals surface area contributed by atoms with Gasteiger partial charge in [0.2, 0.25) is 0 Å². The molecule has 0 aromatic carbocycles. The van der Waals surface area contributed by atoms with Crippen LogP contribution in [0, 0.1) is 5.92 Å². The average Bonchev–Trinajstić information content (AvgIpc) is 2.26. The van der Waals surface area contributed by atoms with Gasteiger partial charge in [-0.05, 0) is 12.8 Å². The molecule has 10 heteroatoms. The van der Waals surface area contributed by atoms with Crippen LogP contribution >= 0.6 is 0 Å². The van der Waals surface area contributed by atoms with Crippen LogP contribution in [0.15, 0.2) is 0 Å². The number of hydrogen-bond donors (Lipinski definition) is 2. The van der Waals surface area contributed by atoms with E-state index in [2.05, 4.69) is 0 Å². The minimum absolute atomic E-state index is 0.0248. The van der Waals surface area contributed by atoms with Crippen molar-refractivity contribution in [1.82, 2.24) is 9.03 Å². The van der Waals surface area contributed by atoms with Gasteiger partial charge in [0, 0.05) is 13.1 Å². The Morgan fingerprint density at radius 1 is 1.44 bits per heavy atom.